The van der Waals surface area contributed by atoms with E-state index in [0.29, 0.717) is 11.5 Å². The van der Waals surface area contributed by atoms with E-state index < -0.39 is 17.6 Å². The fourth-order valence-electron chi connectivity index (χ4n) is 2.24. The fourth-order valence-corrected chi connectivity index (χ4v) is 2.24. The van der Waals surface area contributed by atoms with Gasteiger partial charge in [0.2, 0.25) is 0 Å². The van der Waals surface area contributed by atoms with E-state index in [9.17, 15) is 18.0 Å². The maximum absolute atomic E-state index is 12.7. The van der Waals surface area contributed by atoms with Gasteiger partial charge in [0.1, 0.15) is 11.5 Å². The number of nitrogens with zero attached hydrogens (tertiary/aromatic N) is 1. The summed E-state index contributed by atoms with van der Waals surface area (Å²) in [5, 5.41) is 3.72. The molecule has 0 aliphatic rings. The number of nitrogens with one attached hydrogen (secondary N) is 1. The van der Waals surface area contributed by atoms with Crippen LogP contribution in [0.5, 0.6) is 0 Å². The van der Waals surface area contributed by atoms with Crippen molar-refractivity contribution < 1.29 is 22.4 Å². The smallest absolute Gasteiger partial charge is 0.416 e. The van der Waals surface area contributed by atoms with Crippen LogP contribution in [0.2, 0.25) is 0 Å². The molecule has 26 heavy (non-hydrogen) atoms. The summed E-state index contributed by atoms with van der Waals surface area (Å²) in [6.45, 7) is 0. The van der Waals surface area contributed by atoms with E-state index in [0.717, 1.165) is 17.7 Å². The Labute approximate surface area is 147 Å². The molecule has 1 heterocycles. The number of furan rings is 1. The third kappa shape index (κ3) is 4.18. The molecule has 0 radical (unpaired) electrons. The molecule has 0 unspecified atom stereocenters. The average Bonchev–Trinajstić information content (AvgIpc) is 3.11. The van der Waals surface area contributed by atoms with Crippen LogP contribution in [-0.2, 0) is 6.18 Å². The number of halogens is 3. The number of benzene rings is 2. The predicted octanol–water partition coefficient (Wildman–Crippen LogP) is 4.73. The molecule has 2 aromatic carbocycles. The molecule has 0 fully saturated rings. The van der Waals surface area contributed by atoms with Gasteiger partial charge in [0.25, 0.3) is 5.91 Å². The van der Waals surface area contributed by atoms with Crippen molar-refractivity contribution in [3.8, 4) is 11.3 Å². The number of alkyl halides is 3. The van der Waals surface area contributed by atoms with Crippen molar-refractivity contribution in [3.05, 3.63) is 83.6 Å². The summed E-state index contributed by atoms with van der Waals surface area (Å²) in [6.07, 6.45) is -3.24. The van der Waals surface area contributed by atoms with E-state index in [-0.39, 0.29) is 5.56 Å². The van der Waals surface area contributed by atoms with Gasteiger partial charge in [0.05, 0.1) is 11.8 Å². The maximum atomic E-state index is 12.7. The summed E-state index contributed by atoms with van der Waals surface area (Å²) in [5.74, 6) is 0.284. The van der Waals surface area contributed by atoms with Gasteiger partial charge in [-0.15, -0.1) is 0 Å². The Morgan fingerprint density at radius 2 is 1.77 bits per heavy atom. The molecule has 132 valence electrons. The number of rotatable bonds is 4. The van der Waals surface area contributed by atoms with Crippen molar-refractivity contribution in [2.75, 3.05) is 0 Å². The number of carbonyl (C=O) groups excluding carboxylic acids is 1. The normalized spacial score (nSPS) is 11.7. The molecule has 1 aromatic heterocycles. The van der Waals surface area contributed by atoms with Crippen LogP contribution in [0, 0.1) is 0 Å². The summed E-state index contributed by atoms with van der Waals surface area (Å²) in [6, 6.07) is 16.9. The van der Waals surface area contributed by atoms with Crippen LogP contribution in [0.4, 0.5) is 13.2 Å². The van der Waals surface area contributed by atoms with E-state index in [2.05, 4.69) is 10.5 Å². The van der Waals surface area contributed by atoms with Crippen molar-refractivity contribution in [2.24, 2.45) is 5.10 Å². The minimum absolute atomic E-state index is 0.138. The van der Waals surface area contributed by atoms with Gasteiger partial charge in [0, 0.05) is 11.1 Å². The first-order chi connectivity index (χ1) is 12.4. The molecule has 0 saturated heterocycles. The topological polar surface area (TPSA) is 54.6 Å². The van der Waals surface area contributed by atoms with Crippen LogP contribution >= 0.6 is 0 Å². The zero-order valence-corrected chi connectivity index (χ0v) is 13.3. The summed E-state index contributed by atoms with van der Waals surface area (Å²) in [7, 11) is 0. The summed E-state index contributed by atoms with van der Waals surface area (Å²) in [4.78, 5) is 11.9. The van der Waals surface area contributed by atoms with Crippen LogP contribution in [0.1, 0.15) is 21.7 Å². The Balaban J connectivity index is 1.66. The van der Waals surface area contributed by atoms with Crippen LogP contribution in [0.25, 0.3) is 11.3 Å². The first-order valence-corrected chi connectivity index (χ1v) is 7.59. The molecule has 3 rings (SSSR count). The van der Waals surface area contributed by atoms with Gasteiger partial charge in [-0.25, -0.2) is 5.43 Å². The van der Waals surface area contributed by atoms with Gasteiger partial charge < -0.3 is 4.42 Å². The van der Waals surface area contributed by atoms with Crippen molar-refractivity contribution in [1.82, 2.24) is 5.43 Å². The Hall–Kier alpha value is -3.35. The van der Waals surface area contributed by atoms with Gasteiger partial charge in [0.15, 0.2) is 0 Å². The summed E-state index contributed by atoms with van der Waals surface area (Å²) < 4.78 is 43.6. The summed E-state index contributed by atoms with van der Waals surface area (Å²) in [5.41, 5.74) is 2.03. The number of amides is 1. The van der Waals surface area contributed by atoms with Crippen molar-refractivity contribution >= 4 is 12.1 Å². The third-order valence-electron chi connectivity index (χ3n) is 3.50. The number of hydrogen-bond donors (Lipinski definition) is 1. The molecule has 0 spiro atoms. The highest BCUT2D eigenvalue weighted by Gasteiger charge is 2.30. The maximum Gasteiger partial charge on any atom is 0.416 e. The van der Waals surface area contributed by atoms with Crippen molar-refractivity contribution in [3.63, 3.8) is 0 Å². The molecule has 1 amide bonds. The Morgan fingerprint density at radius 1 is 1.00 bits per heavy atom. The van der Waals surface area contributed by atoms with Gasteiger partial charge in [-0.2, -0.15) is 18.3 Å². The highest BCUT2D eigenvalue weighted by Crippen LogP contribution is 2.29. The van der Waals surface area contributed by atoms with Crippen molar-refractivity contribution in [2.45, 2.75) is 6.18 Å². The minimum atomic E-state index is -4.51. The molecule has 0 aliphatic carbocycles. The fraction of sp³-hybridized carbons (Fsp3) is 0.0526. The minimum Gasteiger partial charge on any atom is -0.455 e. The molecule has 0 atom stereocenters. The quantitative estimate of drug-likeness (QED) is 0.541. The molecule has 0 aliphatic heterocycles. The molecule has 0 saturated carbocycles. The second-order valence-corrected chi connectivity index (χ2v) is 5.35. The molecular weight excluding hydrogens is 345 g/mol. The molecule has 1 N–H and O–H groups in total. The lowest BCUT2D eigenvalue weighted by Gasteiger charge is -2.07. The van der Waals surface area contributed by atoms with Gasteiger partial charge in [-0.1, -0.05) is 36.4 Å². The highest BCUT2D eigenvalue weighted by molar-refractivity contribution is 5.94. The largest absolute Gasteiger partial charge is 0.455 e. The van der Waals surface area contributed by atoms with Gasteiger partial charge in [-0.05, 0) is 30.3 Å². The lowest BCUT2D eigenvalue weighted by molar-refractivity contribution is -0.137. The second kappa shape index (κ2) is 7.26. The van der Waals surface area contributed by atoms with Crippen molar-refractivity contribution in [1.29, 1.82) is 0 Å². The van der Waals surface area contributed by atoms with E-state index in [4.69, 9.17) is 4.42 Å². The first-order valence-electron chi connectivity index (χ1n) is 7.59. The third-order valence-corrected chi connectivity index (χ3v) is 3.50. The number of carbonyl (C=O) groups is 1. The van der Waals surface area contributed by atoms with Gasteiger partial charge >= 0.3 is 6.18 Å². The summed E-state index contributed by atoms with van der Waals surface area (Å²) >= 11 is 0. The molecule has 7 heteroatoms. The SMILES string of the molecule is O=C(N/N=C\c1ccc(-c2ccccc2)o1)c1cccc(C(F)(F)F)c1. The van der Waals surface area contributed by atoms with E-state index in [1.807, 2.05) is 30.3 Å². The Morgan fingerprint density at radius 3 is 2.50 bits per heavy atom. The molecular formula is C19H13F3N2O2. The number of hydrogen-bond acceptors (Lipinski definition) is 3. The lowest BCUT2D eigenvalue weighted by Crippen LogP contribution is -2.18. The molecule has 0 bridgehead atoms. The number of hydrazone groups is 1. The zero-order chi connectivity index (χ0) is 18.6. The average molecular weight is 358 g/mol. The lowest BCUT2D eigenvalue weighted by atomic mass is 10.1. The predicted molar refractivity (Wildman–Crippen MR) is 90.6 cm³/mol. The van der Waals surface area contributed by atoms with Crippen LogP contribution < -0.4 is 5.43 Å². The van der Waals surface area contributed by atoms with E-state index >= 15 is 0 Å². The second-order valence-electron chi connectivity index (χ2n) is 5.35. The van der Waals surface area contributed by atoms with Crippen LogP contribution in [-0.4, -0.2) is 12.1 Å². The van der Waals surface area contributed by atoms with Gasteiger partial charge in [-0.3, -0.25) is 4.79 Å². The Kier molecular flexibility index (Phi) is 4.88. The Bertz CT molecular complexity index is 931. The monoisotopic (exact) mass is 358 g/mol. The van der Waals surface area contributed by atoms with E-state index in [1.54, 1.807) is 12.1 Å². The highest BCUT2D eigenvalue weighted by atomic mass is 19.4. The standard InChI is InChI=1S/C19H13F3N2O2/c20-19(21,22)15-8-4-7-14(11-15)18(25)24-23-12-16-9-10-17(26-16)13-5-2-1-3-6-13/h1-12H,(H,24,25)/b23-12-. The first kappa shape index (κ1) is 17.5. The van der Waals surface area contributed by atoms with Crippen LogP contribution in [0.15, 0.2) is 76.2 Å². The molecule has 3 aromatic rings. The van der Waals surface area contributed by atoms with Crippen LogP contribution in [0.3, 0.4) is 0 Å². The zero-order valence-electron chi connectivity index (χ0n) is 13.3. The van der Waals surface area contributed by atoms with E-state index in [1.165, 1.54) is 18.3 Å². The molecule has 4 nitrogen and oxygen atoms in total.